The molecule has 1 unspecified atom stereocenters. The summed E-state index contributed by atoms with van der Waals surface area (Å²) in [4.78, 5) is 13.0. The first-order valence-corrected chi connectivity index (χ1v) is 3.67. The Labute approximate surface area is 78.4 Å². The van der Waals surface area contributed by atoms with E-state index in [2.05, 4.69) is 10.0 Å². The summed E-state index contributed by atoms with van der Waals surface area (Å²) >= 11 is 0. The number of rotatable bonds is 3. The number of carbonyl (C=O) groups is 1. The summed E-state index contributed by atoms with van der Waals surface area (Å²) in [6.07, 6.45) is 0. The Balaban J connectivity index is 3.05. The number of hydrogen-bond acceptors (Lipinski definition) is 2. The van der Waals surface area contributed by atoms with Gasteiger partial charge in [0.25, 0.3) is 0 Å². The molecule has 1 aromatic rings. The molecule has 0 spiro atoms. The van der Waals surface area contributed by atoms with Crippen LogP contribution in [0.5, 0.6) is 0 Å². The van der Waals surface area contributed by atoms with E-state index >= 15 is 0 Å². The van der Waals surface area contributed by atoms with Crippen LogP contribution in [0.25, 0.3) is 10.4 Å². The normalized spacial score (nSPS) is 11.5. The standard InChI is InChI=1S/C8H6FN3O2/c9-6-3-1-5(2-4-6)7(8(13)14)11-12-10/h1-4,7H,(H,13,14). The average molecular weight is 195 g/mol. The van der Waals surface area contributed by atoms with Crippen LogP contribution in [-0.4, -0.2) is 11.1 Å². The summed E-state index contributed by atoms with van der Waals surface area (Å²) in [5.41, 5.74) is 8.37. The fourth-order valence-corrected chi connectivity index (χ4v) is 0.955. The lowest BCUT2D eigenvalue weighted by Gasteiger charge is -2.04. The van der Waals surface area contributed by atoms with Crippen molar-refractivity contribution >= 4 is 5.97 Å². The quantitative estimate of drug-likeness (QED) is 0.455. The third kappa shape index (κ3) is 2.21. The highest BCUT2D eigenvalue weighted by molar-refractivity contribution is 5.75. The number of nitrogens with zero attached hydrogens (tertiary/aromatic N) is 3. The van der Waals surface area contributed by atoms with Gasteiger partial charge in [0.2, 0.25) is 0 Å². The summed E-state index contributed by atoms with van der Waals surface area (Å²) in [6.45, 7) is 0. The first kappa shape index (κ1) is 10.0. The summed E-state index contributed by atoms with van der Waals surface area (Å²) < 4.78 is 12.5. The molecule has 0 fully saturated rings. The molecular formula is C8H6FN3O2. The summed E-state index contributed by atoms with van der Waals surface area (Å²) in [7, 11) is 0. The highest BCUT2D eigenvalue weighted by Gasteiger charge is 2.17. The fourth-order valence-electron chi connectivity index (χ4n) is 0.955. The van der Waals surface area contributed by atoms with E-state index in [-0.39, 0.29) is 5.56 Å². The molecule has 0 aliphatic heterocycles. The molecule has 0 aliphatic carbocycles. The van der Waals surface area contributed by atoms with Gasteiger partial charge in [-0.1, -0.05) is 17.2 Å². The van der Waals surface area contributed by atoms with E-state index in [9.17, 15) is 9.18 Å². The minimum absolute atomic E-state index is 0.247. The molecular weight excluding hydrogens is 189 g/mol. The molecule has 1 atom stereocenters. The lowest BCUT2D eigenvalue weighted by molar-refractivity contribution is -0.138. The third-order valence-electron chi connectivity index (χ3n) is 1.59. The second-order valence-electron chi connectivity index (χ2n) is 2.50. The van der Waals surface area contributed by atoms with E-state index in [4.69, 9.17) is 10.6 Å². The van der Waals surface area contributed by atoms with E-state index < -0.39 is 17.8 Å². The number of hydrogen-bond donors (Lipinski definition) is 1. The lowest BCUT2D eigenvalue weighted by atomic mass is 10.1. The molecule has 0 heterocycles. The second kappa shape index (κ2) is 4.25. The van der Waals surface area contributed by atoms with Crippen molar-refractivity contribution in [3.8, 4) is 0 Å². The third-order valence-corrected chi connectivity index (χ3v) is 1.59. The molecule has 6 heteroatoms. The van der Waals surface area contributed by atoms with Crippen molar-refractivity contribution in [1.29, 1.82) is 0 Å². The molecule has 0 radical (unpaired) electrons. The van der Waals surface area contributed by atoms with Gasteiger partial charge in [0, 0.05) is 4.91 Å². The van der Waals surface area contributed by atoms with Crippen molar-refractivity contribution in [3.63, 3.8) is 0 Å². The van der Waals surface area contributed by atoms with Crippen molar-refractivity contribution in [2.75, 3.05) is 0 Å². The summed E-state index contributed by atoms with van der Waals surface area (Å²) in [5.74, 6) is -1.74. The smallest absolute Gasteiger partial charge is 0.316 e. The van der Waals surface area contributed by atoms with Crippen molar-refractivity contribution in [2.24, 2.45) is 5.11 Å². The van der Waals surface area contributed by atoms with Gasteiger partial charge in [-0.25, -0.2) is 4.39 Å². The Morgan fingerprint density at radius 2 is 2.07 bits per heavy atom. The molecule has 14 heavy (non-hydrogen) atoms. The monoisotopic (exact) mass is 195 g/mol. The van der Waals surface area contributed by atoms with Gasteiger partial charge in [0.1, 0.15) is 5.82 Å². The summed E-state index contributed by atoms with van der Waals surface area (Å²) in [6, 6.07) is 3.45. The predicted molar refractivity (Wildman–Crippen MR) is 45.9 cm³/mol. The summed E-state index contributed by atoms with van der Waals surface area (Å²) in [5, 5.41) is 11.8. The molecule has 0 saturated heterocycles. The Morgan fingerprint density at radius 1 is 1.50 bits per heavy atom. The number of azide groups is 1. The first-order chi connectivity index (χ1) is 6.65. The fraction of sp³-hybridized carbons (Fsp3) is 0.125. The van der Waals surface area contributed by atoms with E-state index in [0.717, 1.165) is 12.1 Å². The highest BCUT2D eigenvalue weighted by atomic mass is 19.1. The van der Waals surface area contributed by atoms with Gasteiger partial charge in [0.05, 0.1) is 0 Å². The lowest BCUT2D eigenvalue weighted by Crippen LogP contribution is -2.08. The van der Waals surface area contributed by atoms with Gasteiger partial charge in [-0.05, 0) is 23.2 Å². The van der Waals surface area contributed by atoms with E-state index in [0.29, 0.717) is 0 Å². The van der Waals surface area contributed by atoms with Crippen LogP contribution in [0.2, 0.25) is 0 Å². The molecule has 1 aromatic carbocycles. The van der Waals surface area contributed by atoms with Crippen LogP contribution in [0, 0.1) is 5.82 Å². The van der Waals surface area contributed by atoms with Crippen LogP contribution < -0.4 is 0 Å². The van der Waals surface area contributed by atoms with Gasteiger partial charge in [-0.2, -0.15) is 0 Å². The Morgan fingerprint density at radius 3 is 2.50 bits per heavy atom. The van der Waals surface area contributed by atoms with E-state index in [1.165, 1.54) is 12.1 Å². The molecule has 72 valence electrons. The van der Waals surface area contributed by atoms with Crippen molar-refractivity contribution in [2.45, 2.75) is 6.04 Å². The predicted octanol–water partition coefficient (Wildman–Crippen LogP) is 2.26. The van der Waals surface area contributed by atoms with Crippen molar-refractivity contribution < 1.29 is 14.3 Å². The van der Waals surface area contributed by atoms with Gasteiger partial charge >= 0.3 is 5.97 Å². The van der Waals surface area contributed by atoms with E-state index in [1.807, 2.05) is 0 Å². The highest BCUT2D eigenvalue weighted by Crippen LogP contribution is 2.18. The minimum atomic E-state index is -1.30. The van der Waals surface area contributed by atoms with Crippen LogP contribution >= 0.6 is 0 Å². The van der Waals surface area contributed by atoms with E-state index in [1.54, 1.807) is 0 Å². The zero-order valence-corrected chi connectivity index (χ0v) is 6.96. The molecule has 1 N–H and O–H groups in total. The maximum atomic E-state index is 12.5. The molecule has 0 amide bonds. The zero-order chi connectivity index (χ0) is 10.6. The number of aliphatic carboxylic acids is 1. The van der Waals surface area contributed by atoms with Crippen LogP contribution in [0.1, 0.15) is 11.6 Å². The van der Waals surface area contributed by atoms with Crippen LogP contribution in [0.15, 0.2) is 29.4 Å². The Hall–Kier alpha value is -2.07. The number of halogens is 1. The molecule has 5 nitrogen and oxygen atoms in total. The molecule has 0 aromatic heterocycles. The van der Waals surface area contributed by atoms with Gasteiger partial charge < -0.3 is 5.11 Å². The van der Waals surface area contributed by atoms with Crippen LogP contribution in [0.3, 0.4) is 0 Å². The molecule has 0 saturated carbocycles. The first-order valence-electron chi connectivity index (χ1n) is 3.67. The van der Waals surface area contributed by atoms with Crippen molar-refractivity contribution in [1.82, 2.24) is 0 Å². The van der Waals surface area contributed by atoms with Crippen LogP contribution in [-0.2, 0) is 4.79 Å². The van der Waals surface area contributed by atoms with Crippen LogP contribution in [0.4, 0.5) is 4.39 Å². The van der Waals surface area contributed by atoms with Gasteiger partial charge in [0.15, 0.2) is 6.04 Å². The SMILES string of the molecule is [N-]=[N+]=NC(C(=O)O)c1ccc(F)cc1. The average Bonchev–Trinajstić information content (AvgIpc) is 2.15. The number of carboxylic acid groups (broad SMARTS) is 1. The zero-order valence-electron chi connectivity index (χ0n) is 6.96. The maximum Gasteiger partial charge on any atom is 0.316 e. The van der Waals surface area contributed by atoms with Gasteiger partial charge in [-0.3, -0.25) is 4.79 Å². The Kier molecular flexibility index (Phi) is 3.04. The number of benzene rings is 1. The molecule has 0 bridgehead atoms. The van der Waals surface area contributed by atoms with Gasteiger partial charge in [-0.15, -0.1) is 0 Å². The maximum absolute atomic E-state index is 12.5. The Bertz CT molecular complexity index is 382. The van der Waals surface area contributed by atoms with Crippen molar-refractivity contribution in [3.05, 3.63) is 46.1 Å². The second-order valence-corrected chi connectivity index (χ2v) is 2.50. The number of carboxylic acids is 1. The molecule has 1 rings (SSSR count). The largest absolute Gasteiger partial charge is 0.481 e. The minimum Gasteiger partial charge on any atom is -0.481 e. The molecule has 0 aliphatic rings. The topological polar surface area (TPSA) is 86.1 Å².